The first-order valence-corrected chi connectivity index (χ1v) is 4.68. The Bertz CT molecular complexity index is 334. The number of hydrogen-bond donors (Lipinski definition) is 1. The number of allylic oxidation sites excluding steroid dienone is 1. The number of aliphatic hydroxyl groups excluding tert-OH is 1. The van der Waals surface area contributed by atoms with Gasteiger partial charge < -0.3 is 5.11 Å². The molecule has 0 amide bonds. The van der Waals surface area contributed by atoms with Gasteiger partial charge in [-0.3, -0.25) is 0 Å². The molecule has 0 bridgehead atoms. The van der Waals surface area contributed by atoms with E-state index >= 15 is 0 Å². The van der Waals surface area contributed by atoms with Crippen LogP contribution in [0.2, 0.25) is 0 Å². The lowest BCUT2D eigenvalue weighted by Gasteiger charge is -2.03. The Kier molecular flexibility index (Phi) is 3.48. The minimum atomic E-state index is -0.503. The molecular formula is C10H10BrFO. The van der Waals surface area contributed by atoms with Crippen LogP contribution in [0, 0.1) is 0 Å². The van der Waals surface area contributed by atoms with Crippen molar-refractivity contribution in [2.75, 3.05) is 0 Å². The van der Waals surface area contributed by atoms with E-state index in [2.05, 4.69) is 15.9 Å². The molecule has 0 aliphatic carbocycles. The summed E-state index contributed by atoms with van der Waals surface area (Å²) in [5.74, 6) is 0.200. The van der Waals surface area contributed by atoms with Crippen molar-refractivity contribution in [1.82, 2.24) is 0 Å². The molecule has 1 nitrogen and oxygen atoms in total. The van der Waals surface area contributed by atoms with Gasteiger partial charge in [-0.25, -0.2) is 4.39 Å². The Morgan fingerprint density at radius 2 is 2.31 bits per heavy atom. The zero-order valence-electron chi connectivity index (χ0n) is 7.22. The first-order valence-electron chi connectivity index (χ1n) is 3.89. The van der Waals surface area contributed by atoms with Crippen LogP contribution in [0.4, 0.5) is 4.39 Å². The summed E-state index contributed by atoms with van der Waals surface area (Å²) in [6.45, 7) is 1.24. The maximum absolute atomic E-state index is 12.3. The summed E-state index contributed by atoms with van der Waals surface area (Å²) >= 11 is 3.23. The highest BCUT2D eigenvalue weighted by Gasteiger charge is 2.02. The average molecular weight is 245 g/mol. The summed E-state index contributed by atoms with van der Waals surface area (Å²) in [7, 11) is 0. The minimum Gasteiger partial charge on any atom is -0.508 e. The van der Waals surface area contributed by atoms with Gasteiger partial charge in [-0.05, 0) is 24.6 Å². The maximum atomic E-state index is 12.3. The van der Waals surface area contributed by atoms with Crippen LogP contribution in [0.25, 0.3) is 5.76 Å². The van der Waals surface area contributed by atoms with Gasteiger partial charge in [0.15, 0.2) is 0 Å². The second kappa shape index (κ2) is 4.42. The van der Waals surface area contributed by atoms with Gasteiger partial charge >= 0.3 is 0 Å². The highest BCUT2D eigenvalue weighted by molar-refractivity contribution is 9.10. The summed E-state index contributed by atoms with van der Waals surface area (Å²) < 4.78 is 13.0. The van der Waals surface area contributed by atoms with Gasteiger partial charge in [0.05, 0.1) is 0 Å². The summed E-state index contributed by atoms with van der Waals surface area (Å²) in [4.78, 5) is 0. The summed E-state index contributed by atoms with van der Waals surface area (Å²) in [5, 5.41) is 9.36. The zero-order valence-corrected chi connectivity index (χ0v) is 8.81. The van der Waals surface area contributed by atoms with E-state index in [0.29, 0.717) is 15.6 Å². The van der Waals surface area contributed by atoms with Crippen LogP contribution >= 0.6 is 15.9 Å². The fraction of sp³-hybridized carbons (Fsp3) is 0.200. The summed E-state index contributed by atoms with van der Waals surface area (Å²) in [5.41, 5.74) is 1.28. The lowest BCUT2D eigenvalue weighted by molar-refractivity contribution is 0.483. The average Bonchev–Trinajstić information content (AvgIpc) is 2.16. The number of hydrogen-bond acceptors (Lipinski definition) is 1. The largest absolute Gasteiger partial charge is 0.508 e. The van der Waals surface area contributed by atoms with E-state index in [9.17, 15) is 9.50 Å². The first kappa shape index (κ1) is 10.3. The molecule has 0 saturated carbocycles. The van der Waals surface area contributed by atoms with Crippen LogP contribution in [0.1, 0.15) is 18.1 Å². The van der Waals surface area contributed by atoms with Crippen LogP contribution in [-0.4, -0.2) is 5.11 Å². The Morgan fingerprint density at radius 3 is 2.77 bits per heavy atom. The number of halogens is 2. The van der Waals surface area contributed by atoms with E-state index in [1.54, 1.807) is 31.2 Å². The van der Waals surface area contributed by atoms with Crippen molar-refractivity contribution < 1.29 is 9.50 Å². The van der Waals surface area contributed by atoms with Gasteiger partial charge in [-0.1, -0.05) is 28.1 Å². The fourth-order valence-electron chi connectivity index (χ4n) is 0.982. The van der Waals surface area contributed by atoms with E-state index in [4.69, 9.17) is 0 Å². The van der Waals surface area contributed by atoms with Gasteiger partial charge in [-0.15, -0.1) is 0 Å². The molecule has 0 atom stereocenters. The standard InChI is InChI=1S/C10H10BrFO/c1-2-10(13)7-3-4-8(6-12)9(11)5-7/h2-5,13H,6H2,1H3/b10-2-. The molecule has 0 aliphatic rings. The van der Waals surface area contributed by atoms with Crippen molar-refractivity contribution in [1.29, 1.82) is 0 Å². The SMILES string of the molecule is C/C=C(\O)c1ccc(CF)c(Br)c1. The van der Waals surface area contributed by atoms with Crippen molar-refractivity contribution >= 4 is 21.7 Å². The van der Waals surface area contributed by atoms with Crippen molar-refractivity contribution in [3.05, 3.63) is 39.9 Å². The molecule has 3 heteroatoms. The highest BCUT2D eigenvalue weighted by atomic mass is 79.9. The van der Waals surface area contributed by atoms with Crippen LogP contribution in [0.5, 0.6) is 0 Å². The van der Waals surface area contributed by atoms with E-state index in [-0.39, 0.29) is 5.76 Å². The molecule has 0 aliphatic heterocycles. The third-order valence-corrected chi connectivity index (χ3v) is 2.50. The lowest BCUT2D eigenvalue weighted by atomic mass is 10.1. The summed E-state index contributed by atoms with van der Waals surface area (Å²) in [6.07, 6.45) is 1.59. The minimum absolute atomic E-state index is 0.200. The molecule has 0 fully saturated rings. The molecule has 0 aromatic heterocycles. The third kappa shape index (κ3) is 2.31. The monoisotopic (exact) mass is 244 g/mol. The van der Waals surface area contributed by atoms with E-state index in [1.807, 2.05) is 0 Å². The maximum Gasteiger partial charge on any atom is 0.118 e. The van der Waals surface area contributed by atoms with Gasteiger partial charge in [0.25, 0.3) is 0 Å². The number of benzene rings is 1. The van der Waals surface area contributed by atoms with Crippen molar-refractivity contribution in [3.8, 4) is 0 Å². The molecular weight excluding hydrogens is 235 g/mol. The van der Waals surface area contributed by atoms with Gasteiger partial charge in [-0.2, -0.15) is 0 Å². The Hall–Kier alpha value is -0.830. The molecule has 0 saturated heterocycles. The molecule has 0 heterocycles. The second-order valence-electron chi connectivity index (χ2n) is 2.61. The van der Waals surface area contributed by atoms with Gasteiger partial charge in [0.2, 0.25) is 0 Å². The van der Waals surface area contributed by atoms with Gasteiger partial charge in [0, 0.05) is 10.0 Å². The van der Waals surface area contributed by atoms with E-state index in [1.165, 1.54) is 0 Å². The molecule has 0 unspecified atom stereocenters. The van der Waals surface area contributed by atoms with E-state index in [0.717, 1.165) is 0 Å². The molecule has 13 heavy (non-hydrogen) atoms. The zero-order chi connectivity index (χ0) is 9.84. The Labute approximate surface area is 85.0 Å². The van der Waals surface area contributed by atoms with Crippen LogP contribution in [-0.2, 0) is 6.67 Å². The molecule has 1 N–H and O–H groups in total. The first-order chi connectivity index (χ1) is 6.19. The van der Waals surface area contributed by atoms with Gasteiger partial charge in [0.1, 0.15) is 12.4 Å². The molecule has 0 radical (unpaired) electrons. The topological polar surface area (TPSA) is 20.2 Å². The predicted octanol–water partition coefficient (Wildman–Crippen LogP) is 3.84. The lowest BCUT2D eigenvalue weighted by Crippen LogP contribution is -1.86. The predicted molar refractivity (Wildman–Crippen MR) is 55.2 cm³/mol. The van der Waals surface area contributed by atoms with Crippen molar-refractivity contribution in [3.63, 3.8) is 0 Å². The second-order valence-corrected chi connectivity index (χ2v) is 3.47. The van der Waals surface area contributed by atoms with Crippen molar-refractivity contribution in [2.24, 2.45) is 0 Å². The Morgan fingerprint density at radius 1 is 1.62 bits per heavy atom. The highest BCUT2D eigenvalue weighted by Crippen LogP contribution is 2.22. The normalized spacial score (nSPS) is 11.8. The third-order valence-electron chi connectivity index (χ3n) is 1.77. The molecule has 70 valence electrons. The molecule has 0 spiro atoms. The number of rotatable bonds is 2. The van der Waals surface area contributed by atoms with Crippen LogP contribution in [0.3, 0.4) is 0 Å². The van der Waals surface area contributed by atoms with Crippen molar-refractivity contribution in [2.45, 2.75) is 13.6 Å². The number of alkyl halides is 1. The molecule has 1 aromatic carbocycles. The quantitative estimate of drug-likeness (QED) is 0.785. The van der Waals surface area contributed by atoms with Crippen LogP contribution in [0.15, 0.2) is 28.7 Å². The number of aliphatic hydroxyl groups is 1. The molecule has 1 rings (SSSR count). The van der Waals surface area contributed by atoms with E-state index < -0.39 is 6.67 Å². The fourth-order valence-corrected chi connectivity index (χ4v) is 1.47. The molecule has 1 aromatic rings. The summed E-state index contributed by atoms with van der Waals surface area (Å²) in [6, 6.07) is 5.04. The van der Waals surface area contributed by atoms with Crippen LogP contribution < -0.4 is 0 Å². The Balaban J connectivity index is 3.10. The smallest absolute Gasteiger partial charge is 0.118 e.